The minimum atomic E-state index is -0.638. The highest BCUT2D eigenvalue weighted by molar-refractivity contribution is 5.91. The maximum atomic E-state index is 12.3. The summed E-state index contributed by atoms with van der Waals surface area (Å²) in [5.41, 5.74) is 0.565. The van der Waals surface area contributed by atoms with Crippen molar-refractivity contribution >= 4 is 23.0 Å². The quantitative estimate of drug-likeness (QED) is 0.388. The Morgan fingerprint density at radius 1 is 1.12 bits per heavy atom. The number of hydrogen-bond donors (Lipinski definition) is 1. The van der Waals surface area contributed by atoms with Gasteiger partial charge in [0.1, 0.15) is 17.7 Å². The molecule has 12 nitrogen and oxygen atoms in total. The third-order valence-electron chi connectivity index (χ3n) is 4.28. The van der Waals surface area contributed by atoms with Gasteiger partial charge in [-0.1, -0.05) is 12.1 Å². The van der Waals surface area contributed by atoms with E-state index in [1.54, 1.807) is 18.2 Å². The molecule has 0 saturated carbocycles. The number of hydrogen-bond acceptors (Lipinski definition) is 8. The van der Waals surface area contributed by atoms with Gasteiger partial charge in [-0.2, -0.15) is 0 Å². The van der Waals surface area contributed by atoms with E-state index in [1.807, 2.05) is 13.0 Å². The van der Waals surface area contributed by atoms with E-state index in [0.717, 1.165) is 11.8 Å². The summed E-state index contributed by atoms with van der Waals surface area (Å²) < 4.78 is 11.8. The van der Waals surface area contributed by atoms with Gasteiger partial charge in [-0.25, -0.2) is 0 Å². The zero-order valence-corrected chi connectivity index (χ0v) is 17.2. The predicted octanol–water partition coefficient (Wildman–Crippen LogP) is 3.84. The van der Waals surface area contributed by atoms with Crippen molar-refractivity contribution in [3.63, 3.8) is 0 Å². The fourth-order valence-electron chi connectivity index (χ4n) is 2.85. The Balaban J connectivity index is 1.71. The normalized spacial score (nSPS) is 10.4. The Hall–Kier alpha value is -4.48. The van der Waals surface area contributed by atoms with Crippen molar-refractivity contribution in [2.75, 3.05) is 12.4 Å². The second-order valence-corrected chi connectivity index (χ2v) is 6.73. The molecule has 1 amide bonds. The first-order valence-electron chi connectivity index (χ1n) is 9.35. The molecule has 0 bridgehead atoms. The summed E-state index contributed by atoms with van der Waals surface area (Å²) >= 11 is 0. The minimum Gasteiger partial charge on any atom is -0.475 e. The van der Waals surface area contributed by atoms with Crippen LogP contribution < -0.4 is 14.8 Å². The van der Waals surface area contributed by atoms with Crippen LogP contribution in [0, 0.1) is 27.2 Å². The molecule has 0 atom stereocenters. The van der Waals surface area contributed by atoms with Crippen molar-refractivity contribution in [3.8, 4) is 17.4 Å². The summed E-state index contributed by atoms with van der Waals surface area (Å²) in [6.07, 6.45) is 1.08. The molecule has 3 aromatic rings. The van der Waals surface area contributed by atoms with Crippen LogP contribution in [0.5, 0.6) is 17.4 Å². The van der Waals surface area contributed by atoms with Crippen LogP contribution in [0.15, 0.2) is 48.7 Å². The fraction of sp³-hybridized carbons (Fsp3) is 0.200. The first kappa shape index (κ1) is 22.2. The Kier molecular flexibility index (Phi) is 6.63. The summed E-state index contributed by atoms with van der Waals surface area (Å²) in [6.45, 7) is 1.92. The molecule has 0 aliphatic carbocycles. The molecule has 0 saturated heterocycles. The number of rotatable bonds is 9. The van der Waals surface area contributed by atoms with Gasteiger partial charge in [-0.15, -0.1) is 5.10 Å². The van der Waals surface area contributed by atoms with E-state index in [1.165, 1.54) is 30.0 Å². The van der Waals surface area contributed by atoms with Crippen molar-refractivity contribution in [1.82, 2.24) is 9.78 Å². The number of carbonyl (C=O) groups excluding carboxylic acids is 1. The number of nitro benzene ring substituents is 1. The van der Waals surface area contributed by atoms with Crippen molar-refractivity contribution < 1.29 is 24.1 Å². The van der Waals surface area contributed by atoms with E-state index >= 15 is 0 Å². The SMILES string of the molecule is COc1nn(CCC(=O)Nc2cc(Oc3cccc(C)c3)cc([N+](=O)[O-])c2)cc1[N+](=O)[O-]. The van der Waals surface area contributed by atoms with Crippen LogP contribution in [0.25, 0.3) is 0 Å². The average Bonchev–Trinajstić information content (AvgIpc) is 3.16. The third-order valence-corrected chi connectivity index (χ3v) is 4.28. The molecule has 0 radical (unpaired) electrons. The minimum absolute atomic E-state index is 0.0393. The zero-order valence-electron chi connectivity index (χ0n) is 17.2. The second-order valence-electron chi connectivity index (χ2n) is 6.73. The molecule has 2 aromatic carbocycles. The van der Waals surface area contributed by atoms with E-state index in [4.69, 9.17) is 9.47 Å². The number of nitrogens with one attached hydrogen (secondary N) is 1. The van der Waals surface area contributed by atoms with E-state index in [0.29, 0.717) is 5.75 Å². The number of ether oxygens (including phenoxy) is 2. The van der Waals surface area contributed by atoms with Gasteiger partial charge in [0.25, 0.3) is 5.69 Å². The summed E-state index contributed by atoms with van der Waals surface area (Å²) in [7, 11) is 1.26. The van der Waals surface area contributed by atoms with Crippen molar-refractivity contribution in [2.24, 2.45) is 0 Å². The van der Waals surface area contributed by atoms with Gasteiger partial charge in [0.05, 0.1) is 35.3 Å². The highest BCUT2D eigenvalue weighted by Gasteiger charge is 2.20. The molecule has 0 spiro atoms. The number of aromatic nitrogens is 2. The van der Waals surface area contributed by atoms with E-state index in [2.05, 4.69) is 10.4 Å². The summed E-state index contributed by atoms with van der Waals surface area (Å²) in [4.78, 5) is 33.4. The molecule has 12 heteroatoms. The van der Waals surface area contributed by atoms with Gasteiger partial charge < -0.3 is 14.8 Å². The average molecular weight is 441 g/mol. The Bertz CT molecular complexity index is 1170. The molecule has 1 heterocycles. The van der Waals surface area contributed by atoms with Crippen LogP contribution in [0.1, 0.15) is 12.0 Å². The molecule has 1 N–H and O–H groups in total. The number of amides is 1. The second kappa shape index (κ2) is 9.55. The molecular weight excluding hydrogens is 422 g/mol. The number of nitrogens with zero attached hydrogens (tertiary/aromatic N) is 4. The van der Waals surface area contributed by atoms with E-state index in [-0.39, 0.29) is 41.7 Å². The highest BCUT2D eigenvalue weighted by Crippen LogP contribution is 2.30. The zero-order chi connectivity index (χ0) is 23.3. The predicted molar refractivity (Wildman–Crippen MR) is 113 cm³/mol. The van der Waals surface area contributed by atoms with Gasteiger partial charge in [0, 0.05) is 18.6 Å². The number of methoxy groups -OCH3 is 1. The van der Waals surface area contributed by atoms with E-state index in [9.17, 15) is 25.0 Å². The largest absolute Gasteiger partial charge is 0.475 e. The molecule has 1 aromatic heterocycles. The summed E-state index contributed by atoms with van der Waals surface area (Å²) in [5, 5.41) is 28.7. The fourth-order valence-corrected chi connectivity index (χ4v) is 2.85. The lowest BCUT2D eigenvalue weighted by Crippen LogP contribution is -2.15. The van der Waals surface area contributed by atoms with Gasteiger partial charge in [0.2, 0.25) is 5.91 Å². The molecule has 0 aliphatic rings. The maximum absolute atomic E-state index is 12.3. The van der Waals surface area contributed by atoms with Crippen molar-refractivity contribution in [1.29, 1.82) is 0 Å². The Morgan fingerprint density at radius 3 is 2.53 bits per heavy atom. The van der Waals surface area contributed by atoms with Crippen molar-refractivity contribution in [2.45, 2.75) is 19.9 Å². The first-order valence-corrected chi connectivity index (χ1v) is 9.35. The summed E-state index contributed by atoms with van der Waals surface area (Å²) in [6, 6.07) is 11.1. The maximum Gasteiger partial charge on any atom is 0.350 e. The third kappa shape index (κ3) is 5.56. The summed E-state index contributed by atoms with van der Waals surface area (Å²) in [5.74, 6) is 0.0562. The van der Waals surface area contributed by atoms with Crippen LogP contribution in [0.2, 0.25) is 0 Å². The molecule has 32 heavy (non-hydrogen) atoms. The standard InChI is InChI=1S/C20H19N5O7/c1-13-4-3-5-16(8-13)32-17-10-14(9-15(11-17)24(27)28)21-19(26)6-7-23-12-18(25(29)30)20(22-23)31-2/h3-5,8-12H,6-7H2,1-2H3,(H,21,26). The van der Waals surface area contributed by atoms with Crippen LogP contribution in [-0.2, 0) is 11.3 Å². The van der Waals surface area contributed by atoms with Crippen molar-refractivity contribution in [3.05, 3.63) is 74.5 Å². The number of anilines is 1. The smallest absolute Gasteiger partial charge is 0.350 e. The van der Waals surface area contributed by atoms with Crippen LogP contribution in [-0.4, -0.2) is 32.6 Å². The van der Waals surface area contributed by atoms with Gasteiger partial charge in [-0.3, -0.25) is 29.7 Å². The molecular formula is C20H19N5O7. The first-order chi connectivity index (χ1) is 15.2. The Morgan fingerprint density at radius 2 is 1.91 bits per heavy atom. The molecule has 166 valence electrons. The number of non-ortho nitro benzene ring substituents is 1. The van der Waals surface area contributed by atoms with Crippen LogP contribution in [0.4, 0.5) is 17.1 Å². The van der Waals surface area contributed by atoms with E-state index < -0.39 is 15.8 Å². The lowest BCUT2D eigenvalue weighted by Gasteiger charge is -2.10. The Labute approximate surface area is 181 Å². The monoisotopic (exact) mass is 441 g/mol. The molecule has 0 fully saturated rings. The van der Waals surface area contributed by atoms with Crippen LogP contribution >= 0.6 is 0 Å². The number of benzene rings is 2. The van der Waals surface area contributed by atoms with Gasteiger partial charge in [-0.05, 0) is 24.6 Å². The molecule has 0 aliphatic heterocycles. The number of nitro groups is 2. The van der Waals surface area contributed by atoms with Crippen LogP contribution in [0.3, 0.4) is 0 Å². The topological polar surface area (TPSA) is 152 Å². The number of carbonyl (C=O) groups is 1. The van der Waals surface area contributed by atoms with Gasteiger partial charge >= 0.3 is 11.6 Å². The van der Waals surface area contributed by atoms with Gasteiger partial charge in [0.15, 0.2) is 0 Å². The molecule has 3 rings (SSSR count). The highest BCUT2D eigenvalue weighted by atomic mass is 16.6. The molecule has 0 unspecified atom stereocenters. The lowest BCUT2D eigenvalue weighted by molar-refractivity contribution is -0.385. The number of aryl methyl sites for hydroxylation is 2. The lowest BCUT2D eigenvalue weighted by atomic mass is 10.2.